The molecular weight excluding hydrogens is 448 g/mol. The van der Waals surface area contributed by atoms with Crippen LogP contribution in [0.4, 0.5) is 10.6 Å². The van der Waals surface area contributed by atoms with Gasteiger partial charge in [0.1, 0.15) is 6.54 Å². The third kappa shape index (κ3) is 6.52. The molecule has 35 heavy (non-hydrogen) atoms. The molecule has 3 amide bonds. The minimum absolute atomic E-state index is 0.0401. The molecular formula is C25H36N6O4. The van der Waals surface area contributed by atoms with Crippen molar-refractivity contribution in [3.63, 3.8) is 0 Å². The topological polar surface area (TPSA) is 100 Å². The minimum Gasteiger partial charge on any atom is -0.493 e. The summed E-state index contributed by atoms with van der Waals surface area (Å²) in [5.74, 6) is 2.03. The number of carbonyl (C=O) groups is 2. The highest BCUT2D eigenvalue weighted by Gasteiger charge is 2.25. The predicted molar refractivity (Wildman–Crippen MR) is 135 cm³/mol. The zero-order valence-corrected chi connectivity index (χ0v) is 21.3. The number of carbonyl (C=O) groups excluding carboxylic acids is 2. The predicted octanol–water partition coefficient (Wildman–Crippen LogP) is 2.64. The highest BCUT2D eigenvalue weighted by atomic mass is 16.5. The molecule has 0 aliphatic carbocycles. The first-order chi connectivity index (χ1) is 16.9. The van der Waals surface area contributed by atoms with Gasteiger partial charge in [0.25, 0.3) is 0 Å². The Morgan fingerprint density at radius 1 is 1.03 bits per heavy atom. The van der Waals surface area contributed by atoms with Crippen LogP contribution in [0.15, 0.2) is 30.3 Å². The molecule has 0 saturated carbocycles. The van der Waals surface area contributed by atoms with Crippen molar-refractivity contribution in [3.8, 4) is 22.8 Å². The number of nitrogens with one attached hydrogen (secondary N) is 1. The second-order valence-electron chi connectivity index (χ2n) is 8.63. The number of urea groups is 1. The molecule has 10 heteroatoms. The fraction of sp³-hybridized carbons (Fsp3) is 0.520. The Bertz CT molecular complexity index is 998. The van der Waals surface area contributed by atoms with E-state index in [-0.39, 0.29) is 24.5 Å². The van der Waals surface area contributed by atoms with E-state index in [2.05, 4.69) is 20.4 Å². The second-order valence-corrected chi connectivity index (χ2v) is 8.63. The van der Waals surface area contributed by atoms with E-state index in [9.17, 15) is 9.59 Å². The maximum absolute atomic E-state index is 13.0. The Kier molecular flexibility index (Phi) is 9.11. The van der Waals surface area contributed by atoms with Crippen molar-refractivity contribution in [2.45, 2.75) is 33.2 Å². The zero-order chi connectivity index (χ0) is 25.4. The van der Waals surface area contributed by atoms with E-state index in [4.69, 9.17) is 9.47 Å². The van der Waals surface area contributed by atoms with E-state index in [1.807, 2.05) is 56.0 Å². The molecule has 0 radical (unpaired) electrons. The molecule has 3 rings (SSSR count). The Labute approximate surface area is 207 Å². The third-order valence-corrected chi connectivity index (χ3v) is 6.02. The van der Waals surface area contributed by atoms with Crippen LogP contribution in [-0.4, -0.2) is 91.5 Å². The van der Waals surface area contributed by atoms with Crippen molar-refractivity contribution >= 4 is 17.8 Å². The van der Waals surface area contributed by atoms with E-state index < -0.39 is 0 Å². The Morgan fingerprint density at radius 2 is 1.80 bits per heavy atom. The van der Waals surface area contributed by atoms with Crippen LogP contribution in [0.3, 0.4) is 0 Å². The van der Waals surface area contributed by atoms with E-state index in [0.717, 1.165) is 30.0 Å². The fourth-order valence-electron chi connectivity index (χ4n) is 4.03. The highest BCUT2D eigenvalue weighted by molar-refractivity contribution is 5.84. The normalized spacial score (nSPS) is 13.9. The summed E-state index contributed by atoms with van der Waals surface area (Å²) in [6, 6.07) is 9.25. The van der Waals surface area contributed by atoms with Crippen molar-refractivity contribution in [1.29, 1.82) is 0 Å². The number of aromatic nitrogens is 2. The number of amides is 3. The van der Waals surface area contributed by atoms with Crippen LogP contribution in [0.2, 0.25) is 0 Å². The lowest BCUT2D eigenvalue weighted by atomic mass is 10.1. The van der Waals surface area contributed by atoms with Gasteiger partial charge in [-0.2, -0.15) is 0 Å². The van der Waals surface area contributed by atoms with Crippen molar-refractivity contribution in [2.75, 3.05) is 58.4 Å². The van der Waals surface area contributed by atoms with Crippen molar-refractivity contribution in [1.82, 2.24) is 25.3 Å². The van der Waals surface area contributed by atoms with Gasteiger partial charge in [-0.1, -0.05) is 0 Å². The van der Waals surface area contributed by atoms with Crippen molar-refractivity contribution < 1.29 is 19.1 Å². The SMILES string of the molecule is CCNC(=O)N(CC(=O)N1CCCN(c2ccc(-c3ccc(OC)c(OC)c3)nn2)CC1)C(C)C. The summed E-state index contributed by atoms with van der Waals surface area (Å²) >= 11 is 0. The summed E-state index contributed by atoms with van der Waals surface area (Å²) in [7, 11) is 3.20. The molecule has 10 nitrogen and oxygen atoms in total. The summed E-state index contributed by atoms with van der Waals surface area (Å²) in [6.07, 6.45) is 0.813. The molecule has 1 aromatic heterocycles. The molecule has 0 atom stereocenters. The smallest absolute Gasteiger partial charge is 0.318 e. The van der Waals surface area contributed by atoms with Gasteiger partial charge in [-0.25, -0.2) is 4.79 Å². The first-order valence-electron chi connectivity index (χ1n) is 12.0. The second kappa shape index (κ2) is 12.2. The molecule has 1 aliphatic heterocycles. The third-order valence-electron chi connectivity index (χ3n) is 6.02. The number of methoxy groups -OCH3 is 2. The Balaban J connectivity index is 1.63. The number of rotatable bonds is 8. The van der Waals surface area contributed by atoms with Crippen LogP contribution < -0.4 is 19.7 Å². The standard InChI is InChI=1S/C25H36N6O4/c1-6-26-25(33)31(18(2)3)17-24(32)30-13-7-12-29(14-15-30)23-11-9-20(27-28-23)19-8-10-21(34-4)22(16-19)35-5/h8-11,16,18H,6-7,12-15,17H2,1-5H3,(H,26,33). The first-order valence-corrected chi connectivity index (χ1v) is 12.0. The van der Waals surface area contributed by atoms with Gasteiger partial charge in [-0.05, 0) is 57.5 Å². The van der Waals surface area contributed by atoms with Crippen molar-refractivity contribution in [3.05, 3.63) is 30.3 Å². The highest BCUT2D eigenvalue weighted by Crippen LogP contribution is 2.31. The van der Waals surface area contributed by atoms with Crippen LogP contribution in [0, 0.1) is 0 Å². The molecule has 1 saturated heterocycles. The molecule has 1 aromatic carbocycles. The molecule has 2 aromatic rings. The van der Waals surface area contributed by atoms with Gasteiger partial charge in [0.2, 0.25) is 5.91 Å². The molecule has 1 fully saturated rings. The van der Waals surface area contributed by atoms with Crippen molar-refractivity contribution in [2.24, 2.45) is 0 Å². The molecule has 1 N–H and O–H groups in total. The maximum Gasteiger partial charge on any atom is 0.318 e. The van der Waals surface area contributed by atoms with Gasteiger partial charge >= 0.3 is 6.03 Å². The summed E-state index contributed by atoms with van der Waals surface area (Å²) in [4.78, 5) is 30.8. The quantitative estimate of drug-likeness (QED) is 0.615. The summed E-state index contributed by atoms with van der Waals surface area (Å²) < 4.78 is 10.7. The van der Waals surface area contributed by atoms with Crippen LogP contribution >= 0.6 is 0 Å². The number of anilines is 1. The molecule has 0 bridgehead atoms. The van der Waals surface area contributed by atoms with Gasteiger partial charge in [0.05, 0.1) is 19.9 Å². The molecule has 0 spiro atoms. The minimum atomic E-state index is -0.211. The molecule has 190 valence electrons. The number of benzene rings is 1. The Morgan fingerprint density at radius 3 is 2.43 bits per heavy atom. The maximum atomic E-state index is 13.0. The van der Waals surface area contributed by atoms with Crippen LogP contribution in [0.25, 0.3) is 11.3 Å². The number of nitrogens with zero attached hydrogens (tertiary/aromatic N) is 5. The summed E-state index contributed by atoms with van der Waals surface area (Å²) in [5.41, 5.74) is 1.62. The van der Waals surface area contributed by atoms with Gasteiger partial charge < -0.3 is 29.5 Å². The number of ether oxygens (including phenoxy) is 2. The fourth-order valence-corrected chi connectivity index (χ4v) is 4.03. The van der Waals surface area contributed by atoms with Crippen LogP contribution in [-0.2, 0) is 4.79 Å². The first kappa shape index (κ1) is 26.1. The summed E-state index contributed by atoms with van der Waals surface area (Å²) in [6.45, 7) is 8.94. The molecule has 0 unspecified atom stereocenters. The van der Waals surface area contributed by atoms with Gasteiger partial charge in [0.15, 0.2) is 17.3 Å². The molecule has 2 heterocycles. The van der Waals surface area contributed by atoms with E-state index in [0.29, 0.717) is 37.7 Å². The lowest BCUT2D eigenvalue weighted by Gasteiger charge is -2.29. The van der Waals surface area contributed by atoms with Crippen LogP contribution in [0.1, 0.15) is 27.2 Å². The largest absolute Gasteiger partial charge is 0.493 e. The van der Waals surface area contributed by atoms with Crippen LogP contribution in [0.5, 0.6) is 11.5 Å². The Hall–Kier alpha value is -3.56. The van der Waals surface area contributed by atoms with Gasteiger partial charge in [-0.15, -0.1) is 10.2 Å². The van der Waals surface area contributed by atoms with E-state index >= 15 is 0 Å². The summed E-state index contributed by atoms with van der Waals surface area (Å²) in [5, 5.41) is 11.6. The van der Waals surface area contributed by atoms with E-state index in [1.54, 1.807) is 19.1 Å². The van der Waals surface area contributed by atoms with Gasteiger partial charge in [-0.3, -0.25) is 4.79 Å². The lowest BCUT2D eigenvalue weighted by Crippen LogP contribution is -2.50. The zero-order valence-electron chi connectivity index (χ0n) is 21.3. The average molecular weight is 485 g/mol. The number of hydrogen-bond acceptors (Lipinski definition) is 7. The number of hydrogen-bond donors (Lipinski definition) is 1. The average Bonchev–Trinajstić information content (AvgIpc) is 3.13. The molecule has 1 aliphatic rings. The van der Waals surface area contributed by atoms with Gasteiger partial charge in [0, 0.05) is 44.3 Å². The van der Waals surface area contributed by atoms with E-state index in [1.165, 1.54) is 0 Å². The monoisotopic (exact) mass is 484 g/mol. The lowest BCUT2D eigenvalue weighted by molar-refractivity contribution is -0.131.